The SMILES string of the molecule is CC[C@H]1C(O[C@@H]2O[C@H](CO)[C@@H](O)[C@H](O)[C@H]2O)OC=C(C(=O)OC)[C@H]1C[C@@H]1NCCc2cc(O)ccc21. The maximum Gasteiger partial charge on any atom is 0.337 e. The number of esters is 1. The molecule has 1 unspecified atom stereocenters. The van der Waals surface area contributed by atoms with Crippen molar-refractivity contribution < 1.29 is 49.3 Å². The first-order valence-corrected chi connectivity index (χ1v) is 12.2. The molecular formula is C25H35NO10. The number of aliphatic hydroxyl groups excluding tert-OH is 4. The van der Waals surface area contributed by atoms with E-state index in [2.05, 4.69) is 5.32 Å². The van der Waals surface area contributed by atoms with Crippen LogP contribution in [0.4, 0.5) is 0 Å². The Bertz CT molecular complexity index is 953. The Morgan fingerprint density at radius 1 is 1.17 bits per heavy atom. The molecule has 3 aliphatic rings. The Labute approximate surface area is 209 Å². The summed E-state index contributed by atoms with van der Waals surface area (Å²) in [6.45, 7) is 2.05. The van der Waals surface area contributed by atoms with Gasteiger partial charge in [-0.05, 0) is 49.1 Å². The van der Waals surface area contributed by atoms with Crippen LogP contribution in [0.15, 0.2) is 30.0 Å². The van der Waals surface area contributed by atoms with Crippen molar-refractivity contribution in [3.63, 3.8) is 0 Å². The van der Waals surface area contributed by atoms with Gasteiger partial charge in [-0.1, -0.05) is 13.0 Å². The Kier molecular flexibility index (Phi) is 8.51. The Morgan fingerprint density at radius 2 is 1.94 bits per heavy atom. The predicted molar refractivity (Wildman–Crippen MR) is 124 cm³/mol. The van der Waals surface area contributed by atoms with Crippen molar-refractivity contribution in [1.29, 1.82) is 0 Å². The van der Waals surface area contributed by atoms with Crippen molar-refractivity contribution in [2.24, 2.45) is 11.8 Å². The summed E-state index contributed by atoms with van der Waals surface area (Å²) in [7, 11) is 1.30. The molecule has 4 rings (SSSR count). The number of ether oxygens (including phenoxy) is 4. The average Bonchev–Trinajstić information content (AvgIpc) is 2.88. The van der Waals surface area contributed by atoms with E-state index in [4.69, 9.17) is 18.9 Å². The van der Waals surface area contributed by atoms with Crippen molar-refractivity contribution in [3.8, 4) is 5.75 Å². The highest BCUT2D eigenvalue weighted by atomic mass is 16.8. The molecule has 0 radical (unpaired) electrons. The molecule has 0 aromatic heterocycles. The summed E-state index contributed by atoms with van der Waals surface area (Å²) >= 11 is 0. The number of nitrogens with one attached hydrogen (secondary N) is 1. The highest BCUT2D eigenvalue weighted by Crippen LogP contribution is 2.42. The molecule has 1 aromatic rings. The van der Waals surface area contributed by atoms with E-state index in [0.29, 0.717) is 25.0 Å². The maximum absolute atomic E-state index is 12.7. The minimum absolute atomic E-state index is 0.104. The molecule has 3 aliphatic heterocycles. The summed E-state index contributed by atoms with van der Waals surface area (Å²) in [5.74, 6) is -1.04. The number of rotatable bonds is 7. The lowest BCUT2D eigenvalue weighted by Gasteiger charge is -2.44. The van der Waals surface area contributed by atoms with E-state index in [1.54, 1.807) is 12.1 Å². The highest BCUT2D eigenvalue weighted by molar-refractivity contribution is 5.88. The molecule has 0 spiro atoms. The van der Waals surface area contributed by atoms with Crippen LogP contribution in [0, 0.1) is 11.8 Å². The van der Waals surface area contributed by atoms with Crippen LogP contribution in [0.5, 0.6) is 5.75 Å². The van der Waals surface area contributed by atoms with E-state index in [1.807, 2.05) is 13.0 Å². The molecule has 0 bridgehead atoms. The number of fused-ring (bicyclic) bond motifs is 1. The smallest absolute Gasteiger partial charge is 0.337 e. The van der Waals surface area contributed by atoms with E-state index in [1.165, 1.54) is 13.4 Å². The fourth-order valence-electron chi connectivity index (χ4n) is 5.39. The van der Waals surface area contributed by atoms with Gasteiger partial charge in [-0.2, -0.15) is 0 Å². The lowest BCUT2D eigenvalue weighted by molar-refractivity contribution is -0.342. The summed E-state index contributed by atoms with van der Waals surface area (Å²) in [4.78, 5) is 12.7. The van der Waals surface area contributed by atoms with E-state index in [9.17, 15) is 30.3 Å². The minimum Gasteiger partial charge on any atom is -0.508 e. The zero-order valence-corrected chi connectivity index (χ0v) is 20.3. The second-order valence-corrected chi connectivity index (χ2v) is 9.46. The zero-order chi connectivity index (χ0) is 26.0. The van der Waals surface area contributed by atoms with Gasteiger partial charge in [0.2, 0.25) is 6.29 Å². The van der Waals surface area contributed by atoms with Gasteiger partial charge in [0.15, 0.2) is 6.29 Å². The van der Waals surface area contributed by atoms with Gasteiger partial charge in [-0.15, -0.1) is 0 Å². The highest BCUT2D eigenvalue weighted by Gasteiger charge is 2.48. The molecule has 11 nitrogen and oxygen atoms in total. The number of carbonyl (C=O) groups excluding carboxylic acids is 1. The predicted octanol–water partition coefficient (Wildman–Crippen LogP) is -0.159. The third-order valence-electron chi connectivity index (χ3n) is 7.38. The standard InChI is InChI=1S/C25H35NO10/c1-3-14-16(9-18-15-5-4-13(28)8-12(15)6-7-26-18)17(23(32)33-2)11-34-24(14)36-25-22(31)21(30)20(29)19(10-27)35-25/h4-5,8,11,14,16,18-22,24-31H,3,6-7,9-10H2,1-2H3/t14-,16+,18+,19-,20-,21+,22-,24?,25+/m1/s1. The van der Waals surface area contributed by atoms with Crippen LogP contribution in [0.1, 0.15) is 36.9 Å². The summed E-state index contributed by atoms with van der Waals surface area (Å²) in [6.07, 6.45) is -4.98. The molecule has 11 heteroatoms. The lowest BCUT2D eigenvalue weighted by Crippen LogP contribution is -2.60. The van der Waals surface area contributed by atoms with Crippen LogP contribution in [-0.4, -0.2) is 88.8 Å². The van der Waals surface area contributed by atoms with Crippen molar-refractivity contribution in [1.82, 2.24) is 5.32 Å². The molecular weight excluding hydrogens is 474 g/mol. The second-order valence-electron chi connectivity index (χ2n) is 9.46. The number of hydrogen-bond donors (Lipinski definition) is 6. The number of phenols is 1. The summed E-state index contributed by atoms with van der Waals surface area (Å²) < 4.78 is 22.2. The summed E-state index contributed by atoms with van der Waals surface area (Å²) in [5.41, 5.74) is 2.43. The monoisotopic (exact) mass is 509 g/mol. The van der Waals surface area contributed by atoms with E-state index in [-0.39, 0.29) is 23.6 Å². The topological polar surface area (TPSA) is 167 Å². The fraction of sp³-hybridized carbons (Fsp3) is 0.640. The number of aromatic hydroxyl groups is 1. The number of phenolic OH excluding ortho intramolecular Hbond substituents is 1. The van der Waals surface area contributed by atoms with E-state index >= 15 is 0 Å². The zero-order valence-electron chi connectivity index (χ0n) is 20.3. The third kappa shape index (κ3) is 5.23. The van der Waals surface area contributed by atoms with Crippen LogP contribution in [0.25, 0.3) is 0 Å². The molecule has 36 heavy (non-hydrogen) atoms. The van der Waals surface area contributed by atoms with Crippen LogP contribution >= 0.6 is 0 Å². The van der Waals surface area contributed by atoms with Gasteiger partial charge in [0.1, 0.15) is 30.2 Å². The third-order valence-corrected chi connectivity index (χ3v) is 7.38. The van der Waals surface area contributed by atoms with Crippen molar-refractivity contribution >= 4 is 5.97 Å². The van der Waals surface area contributed by atoms with Gasteiger partial charge in [0, 0.05) is 17.9 Å². The van der Waals surface area contributed by atoms with Crippen LogP contribution in [0.3, 0.4) is 0 Å². The van der Waals surface area contributed by atoms with Gasteiger partial charge in [-0.3, -0.25) is 0 Å². The molecule has 0 amide bonds. The summed E-state index contributed by atoms with van der Waals surface area (Å²) in [6, 6.07) is 5.17. The van der Waals surface area contributed by atoms with Crippen molar-refractivity contribution in [2.45, 2.75) is 69.2 Å². The normalized spacial score (nSPS) is 36.4. The molecule has 0 aliphatic carbocycles. The first kappa shape index (κ1) is 26.8. The first-order chi connectivity index (χ1) is 17.3. The maximum atomic E-state index is 12.7. The van der Waals surface area contributed by atoms with Gasteiger partial charge in [-0.25, -0.2) is 4.79 Å². The molecule has 3 heterocycles. The fourth-order valence-corrected chi connectivity index (χ4v) is 5.39. The van der Waals surface area contributed by atoms with Gasteiger partial charge < -0.3 is 49.8 Å². The first-order valence-electron chi connectivity index (χ1n) is 12.2. The average molecular weight is 510 g/mol. The Balaban J connectivity index is 1.59. The van der Waals surface area contributed by atoms with Crippen molar-refractivity contribution in [2.75, 3.05) is 20.3 Å². The van der Waals surface area contributed by atoms with Gasteiger partial charge in [0.05, 0.1) is 25.6 Å². The van der Waals surface area contributed by atoms with E-state index < -0.39 is 49.6 Å². The molecule has 1 aromatic carbocycles. The van der Waals surface area contributed by atoms with E-state index in [0.717, 1.165) is 17.5 Å². The van der Waals surface area contributed by atoms with Gasteiger partial charge >= 0.3 is 5.97 Å². The molecule has 9 atom stereocenters. The van der Waals surface area contributed by atoms with Crippen LogP contribution in [0.2, 0.25) is 0 Å². The molecule has 0 saturated carbocycles. The molecule has 1 fully saturated rings. The number of methoxy groups -OCH3 is 1. The van der Waals surface area contributed by atoms with Crippen molar-refractivity contribution in [3.05, 3.63) is 41.2 Å². The van der Waals surface area contributed by atoms with Gasteiger partial charge in [0.25, 0.3) is 0 Å². The summed E-state index contributed by atoms with van der Waals surface area (Å²) in [5, 5.41) is 53.5. The lowest BCUT2D eigenvalue weighted by atomic mass is 9.76. The number of benzene rings is 1. The quantitative estimate of drug-likeness (QED) is 0.270. The Hall–Kier alpha value is -2.25. The molecule has 6 N–H and O–H groups in total. The number of hydrogen-bond acceptors (Lipinski definition) is 11. The van der Waals surface area contributed by atoms with Crippen LogP contribution < -0.4 is 5.32 Å². The minimum atomic E-state index is -1.58. The molecule has 200 valence electrons. The van der Waals surface area contributed by atoms with Crippen LogP contribution in [-0.2, 0) is 30.2 Å². The number of aliphatic hydroxyl groups is 4. The molecule has 1 saturated heterocycles. The second kappa shape index (κ2) is 11.4. The number of carbonyl (C=O) groups is 1. The Morgan fingerprint density at radius 3 is 2.64 bits per heavy atom. The largest absolute Gasteiger partial charge is 0.508 e.